The van der Waals surface area contributed by atoms with E-state index in [4.69, 9.17) is 4.52 Å². The summed E-state index contributed by atoms with van der Waals surface area (Å²) in [5.74, 6) is 0.325. The number of carbonyl (C=O) groups is 1. The largest absolute Gasteiger partial charge is 0.355 e. The van der Waals surface area contributed by atoms with E-state index in [1.165, 1.54) is 5.56 Å². The molecule has 0 atom stereocenters. The summed E-state index contributed by atoms with van der Waals surface area (Å²) in [6, 6.07) is 19.1. The molecule has 27 heavy (non-hydrogen) atoms. The highest BCUT2D eigenvalue weighted by Gasteiger charge is 2.15. The number of carbonyl (C=O) groups excluding carboxylic acids is 1. The van der Waals surface area contributed by atoms with Gasteiger partial charge in [0.2, 0.25) is 5.95 Å². The van der Waals surface area contributed by atoms with Crippen molar-refractivity contribution in [1.82, 2.24) is 19.9 Å². The highest BCUT2D eigenvalue weighted by atomic mass is 16.5. The Bertz CT molecular complexity index is 1070. The topological polar surface area (TPSA) is 85.8 Å². The zero-order chi connectivity index (χ0) is 18.6. The molecule has 4 rings (SSSR count). The van der Waals surface area contributed by atoms with Crippen LogP contribution in [0.2, 0.25) is 0 Å². The second kappa shape index (κ2) is 7.25. The number of hydrogen-bond acceptors (Lipinski definition) is 5. The Morgan fingerprint density at radius 1 is 1.11 bits per heavy atom. The van der Waals surface area contributed by atoms with Crippen molar-refractivity contribution in [1.29, 1.82) is 0 Å². The maximum Gasteiger partial charge on any atom is 0.280 e. The summed E-state index contributed by atoms with van der Waals surface area (Å²) in [7, 11) is 0. The van der Waals surface area contributed by atoms with Gasteiger partial charge in [-0.15, -0.1) is 5.10 Å². The monoisotopic (exact) mass is 359 g/mol. The Kier molecular flexibility index (Phi) is 4.49. The molecule has 0 saturated carbocycles. The van der Waals surface area contributed by atoms with Crippen LogP contribution in [0.3, 0.4) is 0 Å². The van der Waals surface area contributed by atoms with Crippen LogP contribution in [0.1, 0.15) is 21.6 Å². The van der Waals surface area contributed by atoms with Gasteiger partial charge >= 0.3 is 0 Å². The van der Waals surface area contributed by atoms with E-state index in [-0.39, 0.29) is 11.6 Å². The van der Waals surface area contributed by atoms with Crippen LogP contribution in [0.25, 0.3) is 11.3 Å². The summed E-state index contributed by atoms with van der Waals surface area (Å²) in [5, 5.41) is 10.8. The van der Waals surface area contributed by atoms with E-state index in [1.807, 2.05) is 61.5 Å². The molecular weight excluding hydrogens is 342 g/mol. The van der Waals surface area contributed by atoms with Crippen LogP contribution in [0.4, 0.5) is 5.95 Å². The quantitative estimate of drug-likeness (QED) is 0.589. The van der Waals surface area contributed by atoms with E-state index >= 15 is 0 Å². The molecule has 7 heteroatoms. The molecule has 0 saturated heterocycles. The molecule has 2 aromatic heterocycles. The molecule has 0 bridgehead atoms. The van der Waals surface area contributed by atoms with Crippen LogP contribution < -0.4 is 5.32 Å². The van der Waals surface area contributed by atoms with Crippen molar-refractivity contribution >= 4 is 11.9 Å². The fourth-order valence-corrected chi connectivity index (χ4v) is 2.68. The lowest BCUT2D eigenvalue weighted by atomic mass is 10.1. The van der Waals surface area contributed by atoms with Gasteiger partial charge in [-0.3, -0.25) is 10.1 Å². The van der Waals surface area contributed by atoms with Gasteiger partial charge in [0.15, 0.2) is 11.5 Å². The average Bonchev–Trinajstić information content (AvgIpc) is 3.34. The Hall–Kier alpha value is -3.74. The average molecular weight is 359 g/mol. The van der Waals surface area contributed by atoms with Crippen LogP contribution in [-0.4, -0.2) is 25.8 Å². The Balaban J connectivity index is 1.44. The summed E-state index contributed by atoms with van der Waals surface area (Å²) in [6.45, 7) is 2.63. The van der Waals surface area contributed by atoms with E-state index in [0.29, 0.717) is 12.3 Å². The van der Waals surface area contributed by atoms with E-state index < -0.39 is 5.91 Å². The first-order valence-corrected chi connectivity index (χ1v) is 8.46. The zero-order valence-electron chi connectivity index (χ0n) is 14.7. The Labute approximate surface area is 155 Å². The normalized spacial score (nSPS) is 10.7. The minimum atomic E-state index is -0.422. The molecule has 1 N–H and O–H groups in total. The van der Waals surface area contributed by atoms with Crippen LogP contribution in [0, 0.1) is 6.92 Å². The lowest BCUT2D eigenvalue weighted by molar-refractivity contribution is 0.101. The summed E-state index contributed by atoms with van der Waals surface area (Å²) < 4.78 is 6.93. The number of amides is 1. The zero-order valence-corrected chi connectivity index (χ0v) is 14.7. The molecule has 4 aromatic rings. The van der Waals surface area contributed by atoms with Crippen molar-refractivity contribution in [3.8, 4) is 11.3 Å². The minimum absolute atomic E-state index is 0.170. The van der Waals surface area contributed by atoms with E-state index in [0.717, 1.165) is 11.1 Å². The number of hydrogen-bond donors (Lipinski definition) is 1. The smallest absolute Gasteiger partial charge is 0.280 e. The summed E-state index contributed by atoms with van der Waals surface area (Å²) in [4.78, 5) is 16.5. The predicted molar refractivity (Wildman–Crippen MR) is 100 cm³/mol. The number of rotatable bonds is 5. The third-order valence-corrected chi connectivity index (χ3v) is 4.16. The summed E-state index contributed by atoms with van der Waals surface area (Å²) >= 11 is 0. The maximum absolute atomic E-state index is 12.4. The number of benzene rings is 2. The van der Waals surface area contributed by atoms with Crippen molar-refractivity contribution in [2.45, 2.75) is 13.5 Å². The van der Waals surface area contributed by atoms with Crippen LogP contribution in [0.15, 0.2) is 71.5 Å². The van der Waals surface area contributed by atoms with E-state index in [1.54, 1.807) is 17.1 Å². The highest BCUT2D eigenvalue weighted by molar-refractivity contribution is 6.02. The third kappa shape index (κ3) is 3.77. The van der Waals surface area contributed by atoms with Crippen molar-refractivity contribution in [2.24, 2.45) is 0 Å². The Morgan fingerprint density at radius 2 is 1.89 bits per heavy atom. The van der Waals surface area contributed by atoms with Gasteiger partial charge in [-0.2, -0.15) is 0 Å². The molecule has 0 spiro atoms. The van der Waals surface area contributed by atoms with Crippen LogP contribution >= 0.6 is 0 Å². The first-order valence-electron chi connectivity index (χ1n) is 8.46. The second-order valence-electron chi connectivity index (χ2n) is 6.09. The fourth-order valence-electron chi connectivity index (χ4n) is 2.68. The second-order valence-corrected chi connectivity index (χ2v) is 6.09. The van der Waals surface area contributed by atoms with Crippen LogP contribution in [-0.2, 0) is 6.54 Å². The highest BCUT2D eigenvalue weighted by Crippen LogP contribution is 2.20. The lowest BCUT2D eigenvalue weighted by Gasteiger charge is -2.04. The molecule has 1 amide bonds. The van der Waals surface area contributed by atoms with Crippen molar-refractivity contribution in [3.63, 3.8) is 0 Å². The number of aryl methyl sites for hydroxylation is 1. The molecule has 0 radical (unpaired) electrons. The molecule has 2 heterocycles. The fraction of sp³-hybridized carbons (Fsp3) is 0.100. The number of nitrogens with one attached hydrogen (secondary N) is 1. The minimum Gasteiger partial charge on any atom is -0.355 e. The van der Waals surface area contributed by atoms with Gasteiger partial charge in [-0.25, -0.2) is 9.67 Å². The molecular formula is C20H17N5O2. The summed E-state index contributed by atoms with van der Waals surface area (Å²) in [6.07, 6.45) is 1.58. The molecule has 0 fully saturated rings. The number of aromatic nitrogens is 4. The van der Waals surface area contributed by atoms with Gasteiger partial charge in [0.25, 0.3) is 5.91 Å². The van der Waals surface area contributed by atoms with Crippen LogP contribution in [0.5, 0.6) is 0 Å². The number of nitrogens with zero attached hydrogens (tertiary/aromatic N) is 4. The number of anilines is 1. The van der Waals surface area contributed by atoms with Gasteiger partial charge < -0.3 is 4.52 Å². The molecule has 2 aromatic carbocycles. The molecule has 7 nitrogen and oxygen atoms in total. The van der Waals surface area contributed by atoms with Gasteiger partial charge in [-0.1, -0.05) is 59.8 Å². The summed E-state index contributed by atoms with van der Waals surface area (Å²) in [5.41, 5.74) is 3.34. The molecule has 0 aliphatic heterocycles. The van der Waals surface area contributed by atoms with Crippen molar-refractivity contribution in [3.05, 3.63) is 83.8 Å². The van der Waals surface area contributed by atoms with Crippen molar-refractivity contribution in [2.75, 3.05) is 5.32 Å². The SMILES string of the molecule is Cc1ccccc1Cn1cnc(NC(=O)c2cc(-c3ccccc3)on2)n1. The van der Waals surface area contributed by atoms with Gasteiger partial charge in [0.05, 0.1) is 6.54 Å². The Morgan fingerprint density at radius 3 is 2.70 bits per heavy atom. The first kappa shape index (κ1) is 16.7. The molecule has 0 aliphatic rings. The molecule has 0 aliphatic carbocycles. The third-order valence-electron chi connectivity index (χ3n) is 4.16. The van der Waals surface area contributed by atoms with E-state index in [2.05, 4.69) is 20.6 Å². The maximum atomic E-state index is 12.4. The predicted octanol–water partition coefficient (Wildman–Crippen LogP) is 3.54. The standard InChI is InChI=1S/C20H17N5O2/c1-14-7-5-6-10-16(14)12-25-13-21-20(23-25)22-19(26)17-11-18(27-24-17)15-8-3-2-4-9-15/h2-11,13H,12H2,1H3,(H,22,23,26). The van der Waals surface area contributed by atoms with Gasteiger partial charge in [0.1, 0.15) is 6.33 Å². The lowest BCUT2D eigenvalue weighted by Crippen LogP contribution is -2.13. The van der Waals surface area contributed by atoms with Crippen molar-refractivity contribution < 1.29 is 9.32 Å². The van der Waals surface area contributed by atoms with Gasteiger partial charge in [-0.05, 0) is 18.1 Å². The van der Waals surface area contributed by atoms with Gasteiger partial charge in [0, 0.05) is 11.6 Å². The van der Waals surface area contributed by atoms with E-state index in [9.17, 15) is 4.79 Å². The first-order chi connectivity index (χ1) is 13.2. The molecule has 0 unspecified atom stereocenters. The molecule has 134 valence electrons.